The molecule has 1 unspecified atom stereocenters. The molecular weight excluding hydrogens is 228 g/mol. The standard InChI is InChI=1S/C14H20N2O2/c1-14(10-15)7-8-16(11-14)13(17)9-18-12-5-3-2-4-6-12/h2-6H,7-11,15H2,1H3. The molecule has 4 nitrogen and oxygen atoms in total. The molecule has 0 spiro atoms. The van der Waals surface area contributed by atoms with E-state index in [1.54, 1.807) is 0 Å². The predicted octanol–water partition coefficient (Wildman–Crippen LogP) is 1.26. The summed E-state index contributed by atoms with van der Waals surface area (Å²) in [7, 11) is 0. The number of benzene rings is 1. The van der Waals surface area contributed by atoms with Gasteiger partial charge in [0.25, 0.3) is 5.91 Å². The first-order valence-electron chi connectivity index (χ1n) is 6.29. The van der Waals surface area contributed by atoms with E-state index in [0.29, 0.717) is 6.54 Å². The highest BCUT2D eigenvalue weighted by atomic mass is 16.5. The second kappa shape index (κ2) is 5.40. The lowest BCUT2D eigenvalue weighted by Gasteiger charge is -2.22. The number of amides is 1. The van der Waals surface area contributed by atoms with Crippen molar-refractivity contribution in [3.63, 3.8) is 0 Å². The average molecular weight is 248 g/mol. The molecule has 1 aliphatic heterocycles. The van der Waals surface area contributed by atoms with Crippen molar-refractivity contribution >= 4 is 5.91 Å². The third-order valence-corrected chi connectivity index (χ3v) is 3.51. The largest absolute Gasteiger partial charge is 0.484 e. The maximum absolute atomic E-state index is 12.0. The van der Waals surface area contributed by atoms with Gasteiger partial charge in [-0.25, -0.2) is 0 Å². The highest BCUT2D eigenvalue weighted by molar-refractivity contribution is 5.78. The van der Waals surface area contributed by atoms with E-state index < -0.39 is 0 Å². The molecule has 2 rings (SSSR count). The summed E-state index contributed by atoms with van der Waals surface area (Å²) in [4.78, 5) is 13.8. The number of carbonyl (C=O) groups is 1. The first-order valence-corrected chi connectivity index (χ1v) is 6.29. The summed E-state index contributed by atoms with van der Waals surface area (Å²) in [6.45, 7) is 4.37. The summed E-state index contributed by atoms with van der Waals surface area (Å²) in [6.07, 6.45) is 0.973. The molecule has 1 saturated heterocycles. The van der Waals surface area contributed by atoms with E-state index in [4.69, 9.17) is 10.5 Å². The highest BCUT2D eigenvalue weighted by Crippen LogP contribution is 2.28. The Morgan fingerprint density at radius 1 is 1.44 bits per heavy atom. The molecule has 1 atom stereocenters. The zero-order valence-corrected chi connectivity index (χ0v) is 10.8. The molecule has 0 saturated carbocycles. The Labute approximate surface area is 108 Å². The van der Waals surface area contributed by atoms with E-state index >= 15 is 0 Å². The lowest BCUT2D eigenvalue weighted by molar-refractivity contribution is -0.132. The van der Waals surface area contributed by atoms with Crippen molar-refractivity contribution < 1.29 is 9.53 Å². The fourth-order valence-corrected chi connectivity index (χ4v) is 2.16. The van der Waals surface area contributed by atoms with Crippen LogP contribution < -0.4 is 10.5 Å². The fraction of sp³-hybridized carbons (Fsp3) is 0.500. The minimum absolute atomic E-state index is 0.0380. The van der Waals surface area contributed by atoms with Gasteiger partial charge >= 0.3 is 0 Å². The van der Waals surface area contributed by atoms with Crippen molar-refractivity contribution in [3.05, 3.63) is 30.3 Å². The highest BCUT2D eigenvalue weighted by Gasteiger charge is 2.34. The van der Waals surface area contributed by atoms with Gasteiger partial charge in [-0.3, -0.25) is 4.79 Å². The predicted molar refractivity (Wildman–Crippen MR) is 70.3 cm³/mol. The van der Waals surface area contributed by atoms with Gasteiger partial charge in [-0.05, 0) is 30.5 Å². The lowest BCUT2D eigenvalue weighted by Crippen LogP contribution is -2.36. The van der Waals surface area contributed by atoms with E-state index in [1.807, 2.05) is 35.2 Å². The van der Waals surface area contributed by atoms with Gasteiger partial charge in [0.05, 0.1) is 0 Å². The van der Waals surface area contributed by atoms with Gasteiger partial charge in [0, 0.05) is 13.1 Å². The third-order valence-electron chi connectivity index (χ3n) is 3.51. The number of likely N-dealkylation sites (tertiary alicyclic amines) is 1. The molecule has 1 heterocycles. The van der Waals surface area contributed by atoms with Gasteiger partial charge < -0.3 is 15.4 Å². The van der Waals surface area contributed by atoms with Crippen LogP contribution in [0.5, 0.6) is 5.75 Å². The molecule has 1 fully saturated rings. The number of ether oxygens (including phenoxy) is 1. The minimum Gasteiger partial charge on any atom is -0.484 e. The van der Waals surface area contributed by atoms with E-state index in [-0.39, 0.29) is 17.9 Å². The summed E-state index contributed by atoms with van der Waals surface area (Å²) in [6, 6.07) is 9.40. The van der Waals surface area contributed by atoms with Crippen molar-refractivity contribution in [1.29, 1.82) is 0 Å². The second-order valence-electron chi connectivity index (χ2n) is 5.18. The topological polar surface area (TPSA) is 55.6 Å². The molecule has 1 aromatic carbocycles. The van der Waals surface area contributed by atoms with Crippen LogP contribution in [0, 0.1) is 5.41 Å². The molecule has 1 amide bonds. The van der Waals surface area contributed by atoms with Crippen LogP contribution in [0.3, 0.4) is 0 Å². The van der Waals surface area contributed by atoms with Gasteiger partial charge in [-0.2, -0.15) is 0 Å². The van der Waals surface area contributed by atoms with Crippen LogP contribution in [0.25, 0.3) is 0 Å². The quantitative estimate of drug-likeness (QED) is 0.873. The van der Waals surface area contributed by atoms with Gasteiger partial charge in [-0.1, -0.05) is 25.1 Å². The van der Waals surface area contributed by atoms with Gasteiger partial charge in [-0.15, -0.1) is 0 Å². The fourth-order valence-electron chi connectivity index (χ4n) is 2.16. The van der Waals surface area contributed by atoms with E-state index in [1.165, 1.54) is 0 Å². The van der Waals surface area contributed by atoms with Crippen LogP contribution in [-0.4, -0.2) is 37.0 Å². The molecule has 18 heavy (non-hydrogen) atoms. The molecule has 1 aromatic rings. The number of carbonyl (C=O) groups excluding carboxylic acids is 1. The summed E-state index contributed by atoms with van der Waals surface area (Å²) in [5.74, 6) is 0.766. The van der Waals surface area contributed by atoms with Gasteiger partial charge in [0.1, 0.15) is 5.75 Å². The maximum Gasteiger partial charge on any atom is 0.260 e. The van der Waals surface area contributed by atoms with E-state index in [9.17, 15) is 4.79 Å². The van der Waals surface area contributed by atoms with E-state index in [2.05, 4.69) is 6.92 Å². The molecular formula is C14H20N2O2. The van der Waals surface area contributed by atoms with Crippen LogP contribution >= 0.6 is 0 Å². The van der Waals surface area contributed by atoms with Crippen LogP contribution in [0.4, 0.5) is 0 Å². The van der Waals surface area contributed by atoms with Crippen LogP contribution in [0.2, 0.25) is 0 Å². The number of nitrogens with zero attached hydrogens (tertiary/aromatic N) is 1. The number of para-hydroxylation sites is 1. The summed E-state index contributed by atoms with van der Waals surface area (Å²) < 4.78 is 5.46. The Morgan fingerprint density at radius 3 is 2.78 bits per heavy atom. The Bertz CT molecular complexity index is 408. The molecule has 4 heteroatoms. The molecule has 0 aromatic heterocycles. The average Bonchev–Trinajstić information content (AvgIpc) is 2.81. The Balaban J connectivity index is 1.83. The molecule has 1 aliphatic rings. The second-order valence-corrected chi connectivity index (χ2v) is 5.18. The zero-order chi connectivity index (χ0) is 13.0. The minimum atomic E-state index is 0.0380. The van der Waals surface area contributed by atoms with Crippen LogP contribution in [-0.2, 0) is 4.79 Å². The van der Waals surface area contributed by atoms with Crippen molar-refractivity contribution in [1.82, 2.24) is 4.90 Å². The van der Waals surface area contributed by atoms with Crippen LogP contribution in [0.1, 0.15) is 13.3 Å². The Hall–Kier alpha value is -1.55. The Morgan fingerprint density at radius 2 is 2.17 bits per heavy atom. The molecule has 98 valence electrons. The first-order chi connectivity index (χ1) is 8.63. The van der Waals surface area contributed by atoms with Crippen molar-refractivity contribution in [2.75, 3.05) is 26.2 Å². The number of nitrogens with two attached hydrogens (primary N) is 1. The zero-order valence-electron chi connectivity index (χ0n) is 10.8. The number of hydrogen-bond donors (Lipinski definition) is 1. The number of hydrogen-bond acceptors (Lipinski definition) is 3. The lowest BCUT2D eigenvalue weighted by atomic mass is 9.90. The summed E-state index contributed by atoms with van der Waals surface area (Å²) >= 11 is 0. The van der Waals surface area contributed by atoms with Crippen molar-refractivity contribution in [3.8, 4) is 5.75 Å². The first kappa shape index (κ1) is 12.9. The van der Waals surface area contributed by atoms with Crippen molar-refractivity contribution in [2.45, 2.75) is 13.3 Å². The van der Waals surface area contributed by atoms with Crippen molar-refractivity contribution in [2.24, 2.45) is 11.1 Å². The summed E-state index contributed by atoms with van der Waals surface area (Å²) in [5.41, 5.74) is 5.80. The summed E-state index contributed by atoms with van der Waals surface area (Å²) in [5, 5.41) is 0. The van der Waals surface area contributed by atoms with E-state index in [0.717, 1.165) is 25.3 Å². The smallest absolute Gasteiger partial charge is 0.260 e. The maximum atomic E-state index is 12.0. The third kappa shape index (κ3) is 3.01. The SMILES string of the molecule is CC1(CN)CCN(C(=O)COc2ccccc2)C1. The van der Waals surface area contributed by atoms with Gasteiger partial charge in [0.2, 0.25) is 0 Å². The molecule has 0 bridgehead atoms. The van der Waals surface area contributed by atoms with Crippen LogP contribution in [0.15, 0.2) is 30.3 Å². The number of rotatable bonds is 4. The normalized spacial score (nSPS) is 23.1. The molecule has 0 aliphatic carbocycles. The monoisotopic (exact) mass is 248 g/mol. The van der Waals surface area contributed by atoms with Gasteiger partial charge in [0.15, 0.2) is 6.61 Å². The molecule has 2 N–H and O–H groups in total. The molecule has 0 radical (unpaired) electrons. The Kier molecular flexibility index (Phi) is 3.87.